The van der Waals surface area contributed by atoms with Crippen LogP contribution in [0.15, 0.2) is 18.3 Å². The number of rotatable bonds is 7. The fourth-order valence-corrected chi connectivity index (χ4v) is 1.80. The molecule has 0 spiro atoms. The van der Waals surface area contributed by atoms with E-state index in [1.807, 2.05) is 45.0 Å². The van der Waals surface area contributed by atoms with Crippen LogP contribution < -0.4 is 15.5 Å². The Hall–Kier alpha value is -1.82. The molecule has 1 heterocycles. The Labute approximate surface area is 126 Å². The molecule has 21 heavy (non-hydrogen) atoms. The zero-order chi connectivity index (χ0) is 15.9. The van der Waals surface area contributed by atoms with Crippen LogP contribution in [0.25, 0.3) is 0 Å². The molecule has 0 atom stereocenters. The van der Waals surface area contributed by atoms with Gasteiger partial charge in [-0.2, -0.15) is 0 Å². The number of carbonyl (C=O) groups excluding carboxylic acids is 1. The lowest BCUT2D eigenvalue weighted by Gasteiger charge is -2.25. The van der Waals surface area contributed by atoms with Crippen LogP contribution in [-0.4, -0.2) is 42.4 Å². The van der Waals surface area contributed by atoms with E-state index in [9.17, 15) is 9.90 Å². The summed E-state index contributed by atoms with van der Waals surface area (Å²) in [6.45, 7) is 4.49. The average Bonchev–Trinajstić information content (AvgIpc) is 2.50. The first-order valence-corrected chi connectivity index (χ1v) is 7.26. The van der Waals surface area contributed by atoms with Crippen LogP contribution in [0.5, 0.6) is 0 Å². The second-order valence-corrected chi connectivity index (χ2v) is 5.38. The molecule has 0 saturated heterocycles. The quantitative estimate of drug-likeness (QED) is 0.712. The maximum absolute atomic E-state index is 11.8. The Bertz CT molecular complexity index is 459. The molecule has 0 aromatic carbocycles. The largest absolute Gasteiger partial charge is 0.388 e. The van der Waals surface area contributed by atoms with Crippen molar-refractivity contribution in [1.29, 1.82) is 0 Å². The van der Waals surface area contributed by atoms with Crippen molar-refractivity contribution >= 4 is 11.8 Å². The highest BCUT2D eigenvalue weighted by Gasteiger charge is 2.22. The number of nitrogens with one attached hydrogen (secondary N) is 2. The number of amides is 2. The molecule has 1 aromatic heterocycles. The van der Waals surface area contributed by atoms with E-state index in [0.29, 0.717) is 19.4 Å². The van der Waals surface area contributed by atoms with Gasteiger partial charge in [0.05, 0.1) is 5.60 Å². The van der Waals surface area contributed by atoms with E-state index in [1.165, 1.54) is 0 Å². The van der Waals surface area contributed by atoms with Crippen LogP contribution >= 0.6 is 0 Å². The maximum atomic E-state index is 11.8. The predicted octanol–water partition coefficient (Wildman–Crippen LogP) is 1.50. The van der Waals surface area contributed by atoms with Crippen LogP contribution in [0.4, 0.5) is 10.6 Å². The van der Waals surface area contributed by atoms with Gasteiger partial charge in [-0.1, -0.05) is 13.8 Å². The van der Waals surface area contributed by atoms with Crippen LogP contribution in [0.1, 0.15) is 32.3 Å². The molecule has 0 unspecified atom stereocenters. The zero-order valence-electron chi connectivity index (χ0n) is 13.3. The van der Waals surface area contributed by atoms with Gasteiger partial charge in [0.1, 0.15) is 5.82 Å². The molecule has 2 amide bonds. The third kappa shape index (κ3) is 5.59. The molecule has 1 aromatic rings. The van der Waals surface area contributed by atoms with Gasteiger partial charge >= 0.3 is 6.03 Å². The third-order valence-electron chi connectivity index (χ3n) is 3.62. The number of hydrogen-bond acceptors (Lipinski definition) is 4. The Kier molecular flexibility index (Phi) is 6.42. The Morgan fingerprint density at radius 2 is 2.00 bits per heavy atom. The number of aromatic nitrogens is 1. The van der Waals surface area contributed by atoms with Crippen molar-refractivity contribution in [2.45, 2.75) is 38.8 Å². The minimum absolute atomic E-state index is 0.255. The zero-order valence-corrected chi connectivity index (χ0v) is 13.3. The normalized spacial score (nSPS) is 11.1. The molecule has 0 saturated carbocycles. The van der Waals surface area contributed by atoms with E-state index < -0.39 is 5.60 Å². The van der Waals surface area contributed by atoms with E-state index in [-0.39, 0.29) is 12.6 Å². The van der Waals surface area contributed by atoms with Crippen molar-refractivity contribution in [2.75, 3.05) is 25.5 Å². The minimum Gasteiger partial charge on any atom is -0.388 e. The molecule has 1 rings (SSSR count). The van der Waals surface area contributed by atoms with Gasteiger partial charge in [-0.25, -0.2) is 9.78 Å². The first kappa shape index (κ1) is 17.2. The standard InChI is InChI=1S/C15H26N4O2/c1-5-15(21,6-2)11-18-14(20)17-10-12-7-8-16-13(9-12)19(3)4/h7-9,21H,5-6,10-11H2,1-4H3,(H2,17,18,20). The molecule has 118 valence electrons. The number of pyridine rings is 1. The van der Waals surface area contributed by atoms with Crippen LogP contribution in [0.3, 0.4) is 0 Å². The summed E-state index contributed by atoms with van der Waals surface area (Å²) in [6.07, 6.45) is 2.94. The van der Waals surface area contributed by atoms with Gasteiger partial charge in [-0.3, -0.25) is 0 Å². The smallest absolute Gasteiger partial charge is 0.315 e. The molecule has 0 aliphatic carbocycles. The number of aliphatic hydroxyl groups is 1. The fourth-order valence-electron chi connectivity index (χ4n) is 1.80. The van der Waals surface area contributed by atoms with Gasteiger partial charge in [-0.05, 0) is 30.5 Å². The van der Waals surface area contributed by atoms with Crippen molar-refractivity contribution in [1.82, 2.24) is 15.6 Å². The first-order chi connectivity index (χ1) is 9.90. The van der Waals surface area contributed by atoms with E-state index in [1.54, 1.807) is 6.20 Å². The molecule has 0 fully saturated rings. The summed E-state index contributed by atoms with van der Waals surface area (Å²) in [5, 5.41) is 15.6. The molecular weight excluding hydrogens is 268 g/mol. The number of hydrogen-bond donors (Lipinski definition) is 3. The third-order valence-corrected chi connectivity index (χ3v) is 3.62. The second kappa shape index (κ2) is 7.83. The van der Waals surface area contributed by atoms with Gasteiger partial charge in [0.2, 0.25) is 0 Å². The summed E-state index contributed by atoms with van der Waals surface area (Å²) >= 11 is 0. The lowest BCUT2D eigenvalue weighted by Crippen LogP contribution is -2.45. The molecule has 0 bridgehead atoms. The average molecular weight is 294 g/mol. The van der Waals surface area contributed by atoms with Crippen LogP contribution in [0.2, 0.25) is 0 Å². The summed E-state index contributed by atoms with van der Waals surface area (Å²) in [7, 11) is 3.84. The Morgan fingerprint density at radius 3 is 2.57 bits per heavy atom. The lowest BCUT2D eigenvalue weighted by molar-refractivity contribution is 0.0349. The number of carbonyl (C=O) groups is 1. The maximum Gasteiger partial charge on any atom is 0.315 e. The highest BCUT2D eigenvalue weighted by molar-refractivity contribution is 5.73. The highest BCUT2D eigenvalue weighted by Crippen LogP contribution is 2.12. The number of nitrogens with zero attached hydrogens (tertiary/aromatic N) is 2. The highest BCUT2D eigenvalue weighted by atomic mass is 16.3. The molecule has 0 aliphatic rings. The van der Waals surface area contributed by atoms with Crippen LogP contribution in [0, 0.1) is 0 Å². The minimum atomic E-state index is -0.827. The molecule has 0 radical (unpaired) electrons. The number of urea groups is 1. The Morgan fingerprint density at radius 1 is 1.33 bits per heavy atom. The van der Waals surface area contributed by atoms with Crippen molar-refractivity contribution in [3.05, 3.63) is 23.9 Å². The van der Waals surface area contributed by atoms with Gasteiger partial charge in [0, 0.05) is 33.4 Å². The number of anilines is 1. The molecule has 0 aliphatic heterocycles. The summed E-state index contributed by atoms with van der Waals surface area (Å²) in [4.78, 5) is 17.9. The monoisotopic (exact) mass is 294 g/mol. The molecular formula is C15H26N4O2. The van der Waals surface area contributed by atoms with Gasteiger partial charge in [0.15, 0.2) is 0 Å². The summed E-state index contributed by atoms with van der Waals surface area (Å²) in [6, 6.07) is 3.51. The van der Waals surface area contributed by atoms with Gasteiger partial charge < -0.3 is 20.6 Å². The summed E-state index contributed by atoms with van der Waals surface area (Å²) in [5.41, 5.74) is 0.150. The van der Waals surface area contributed by atoms with Gasteiger partial charge in [0.25, 0.3) is 0 Å². The lowest BCUT2D eigenvalue weighted by atomic mass is 9.98. The summed E-state index contributed by atoms with van der Waals surface area (Å²) in [5.74, 6) is 0.848. The topological polar surface area (TPSA) is 77.5 Å². The van der Waals surface area contributed by atoms with Crippen molar-refractivity contribution in [3.63, 3.8) is 0 Å². The van der Waals surface area contributed by atoms with Crippen molar-refractivity contribution < 1.29 is 9.90 Å². The molecule has 3 N–H and O–H groups in total. The van der Waals surface area contributed by atoms with E-state index >= 15 is 0 Å². The van der Waals surface area contributed by atoms with Crippen molar-refractivity contribution in [3.8, 4) is 0 Å². The fraction of sp³-hybridized carbons (Fsp3) is 0.600. The Balaban J connectivity index is 2.45. The van der Waals surface area contributed by atoms with Crippen molar-refractivity contribution in [2.24, 2.45) is 0 Å². The molecule has 6 nitrogen and oxygen atoms in total. The van der Waals surface area contributed by atoms with Crippen LogP contribution in [-0.2, 0) is 6.54 Å². The van der Waals surface area contributed by atoms with Gasteiger partial charge in [-0.15, -0.1) is 0 Å². The van der Waals surface area contributed by atoms with E-state index in [0.717, 1.165) is 11.4 Å². The SMILES string of the molecule is CCC(O)(CC)CNC(=O)NCc1ccnc(N(C)C)c1. The first-order valence-electron chi connectivity index (χ1n) is 7.26. The van der Waals surface area contributed by atoms with E-state index in [2.05, 4.69) is 15.6 Å². The molecule has 6 heteroatoms. The summed E-state index contributed by atoms with van der Waals surface area (Å²) < 4.78 is 0. The van der Waals surface area contributed by atoms with E-state index in [4.69, 9.17) is 0 Å². The predicted molar refractivity (Wildman–Crippen MR) is 84.3 cm³/mol. The second-order valence-electron chi connectivity index (χ2n) is 5.38.